The summed E-state index contributed by atoms with van der Waals surface area (Å²) in [4.78, 5) is 14.0. The molecule has 1 fully saturated rings. The molecule has 29 heavy (non-hydrogen) atoms. The van der Waals surface area contributed by atoms with Crippen LogP contribution in [0.2, 0.25) is 5.02 Å². The number of hydrazone groups is 1. The molecule has 0 aromatic heterocycles. The van der Waals surface area contributed by atoms with Crippen LogP contribution >= 0.6 is 11.6 Å². The maximum Gasteiger partial charge on any atom is 0.260 e. The summed E-state index contributed by atoms with van der Waals surface area (Å²) in [5.74, 6) is 0.966. The van der Waals surface area contributed by atoms with E-state index in [1.54, 1.807) is 30.4 Å². The van der Waals surface area contributed by atoms with Gasteiger partial charge in [-0.15, -0.1) is 0 Å². The first-order valence-electron chi connectivity index (χ1n) is 9.28. The van der Waals surface area contributed by atoms with Gasteiger partial charge in [0.15, 0.2) is 18.1 Å². The summed E-state index contributed by atoms with van der Waals surface area (Å²) < 4.78 is 16.3. The minimum Gasteiger partial charge on any atom is -0.493 e. The molecule has 0 radical (unpaired) electrons. The number of aryl methyl sites for hydroxylation is 1. The van der Waals surface area contributed by atoms with Crippen molar-refractivity contribution in [3.63, 3.8) is 0 Å². The summed E-state index contributed by atoms with van der Waals surface area (Å²) in [6.45, 7) is 4.21. The van der Waals surface area contributed by atoms with Crippen LogP contribution in [0.1, 0.15) is 11.1 Å². The summed E-state index contributed by atoms with van der Waals surface area (Å²) >= 11 is 6.11. The molecule has 0 bridgehead atoms. The van der Waals surface area contributed by atoms with Gasteiger partial charge in [0.2, 0.25) is 0 Å². The molecule has 0 aliphatic carbocycles. The third-order valence-corrected chi connectivity index (χ3v) is 4.89. The lowest BCUT2D eigenvalue weighted by molar-refractivity contribution is -0.137. The van der Waals surface area contributed by atoms with E-state index in [1.165, 1.54) is 0 Å². The normalized spacial score (nSPS) is 14.1. The van der Waals surface area contributed by atoms with Gasteiger partial charge >= 0.3 is 0 Å². The molecule has 154 valence electrons. The number of rotatable bonds is 7. The van der Waals surface area contributed by atoms with Crippen LogP contribution in [0.3, 0.4) is 0 Å². The molecular weight excluding hydrogens is 394 g/mol. The first-order valence-corrected chi connectivity index (χ1v) is 9.66. The zero-order valence-corrected chi connectivity index (χ0v) is 17.2. The topological polar surface area (TPSA) is 72.4 Å². The van der Waals surface area contributed by atoms with Gasteiger partial charge in [0.1, 0.15) is 0 Å². The smallest absolute Gasteiger partial charge is 0.260 e. The highest BCUT2D eigenvalue weighted by Crippen LogP contribution is 2.27. The summed E-state index contributed by atoms with van der Waals surface area (Å²) in [6.07, 6.45) is 1.67. The summed E-state index contributed by atoms with van der Waals surface area (Å²) in [5, 5.41) is 4.90. The van der Waals surface area contributed by atoms with E-state index in [0.29, 0.717) is 42.8 Å². The fourth-order valence-electron chi connectivity index (χ4n) is 2.77. The van der Waals surface area contributed by atoms with Crippen LogP contribution in [0.15, 0.2) is 41.5 Å². The molecular formula is C21H24ClN3O4. The van der Waals surface area contributed by atoms with Gasteiger partial charge in [0, 0.05) is 18.1 Å². The number of hydrogen-bond donors (Lipinski definition) is 1. The number of nitrogens with one attached hydrogen (secondary N) is 1. The Morgan fingerprint density at radius 2 is 2.03 bits per heavy atom. The van der Waals surface area contributed by atoms with Crippen molar-refractivity contribution in [1.29, 1.82) is 0 Å². The van der Waals surface area contributed by atoms with Gasteiger partial charge in [-0.05, 0) is 48.4 Å². The average Bonchev–Trinajstić information content (AvgIpc) is 2.75. The van der Waals surface area contributed by atoms with Crippen molar-refractivity contribution in [3.05, 3.63) is 52.5 Å². The van der Waals surface area contributed by atoms with Crippen LogP contribution in [0.25, 0.3) is 0 Å². The number of ether oxygens (including phenoxy) is 3. The third-order valence-electron chi connectivity index (χ3n) is 4.48. The fourth-order valence-corrected chi connectivity index (χ4v) is 2.95. The van der Waals surface area contributed by atoms with Gasteiger partial charge in [0.25, 0.3) is 5.91 Å². The second-order valence-electron chi connectivity index (χ2n) is 6.53. The van der Waals surface area contributed by atoms with Crippen molar-refractivity contribution in [2.24, 2.45) is 5.10 Å². The van der Waals surface area contributed by atoms with Crippen molar-refractivity contribution < 1.29 is 19.0 Å². The van der Waals surface area contributed by atoms with Crippen LogP contribution in [-0.2, 0) is 9.53 Å². The highest BCUT2D eigenvalue weighted by atomic mass is 35.5. The second kappa shape index (κ2) is 10.1. The van der Waals surface area contributed by atoms with E-state index in [1.807, 2.05) is 31.2 Å². The number of halogens is 1. The Balaban J connectivity index is 1.58. The Kier molecular flexibility index (Phi) is 7.32. The van der Waals surface area contributed by atoms with Crippen LogP contribution in [0, 0.1) is 6.92 Å². The van der Waals surface area contributed by atoms with Crippen LogP contribution < -0.4 is 14.9 Å². The van der Waals surface area contributed by atoms with Gasteiger partial charge in [0.05, 0.1) is 32.2 Å². The third kappa shape index (κ3) is 5.85. The van der Waals surface area contributed by atoms with Gasteiger partial charge in [-0.1, -0.05) is 17.7 Å². The SMILES string of the molecule is COc1cc(/C=N\Nc2ccc(C)c(Cl)c2)ccc1OCC(=O)N1CCOCC1. The van der Waals surface area contributed by atoms with E-state index in [4.69, 9.17) is 25.8 Å². The van der Waals surface area contributed by atoms with E-state index in [2.05, 4.69) is 10.5 Å². The van der Waals surface area contributed by atoms with Crippen molar-refractivity contribution in [2.45, 2.75) is 6.92 Å². The van der Waals surface area contributed by atoms with Crippen LogP contribution in [0.5, 0.6) is 11.5 Å². The van der Waals surface area contributed by atoms with E-state index < -0.39 is 0 Å². The monoisotopic (exact) mass is 417 g/mol. The molecule has 1 N–H and O–H groups in total. The first kappa shape index (κ1) is 21.0. The predicted octanol–water partition coefficient (Wildman–Crippen LogP) is 3.34. The molecule has 2 aromatic rings. The number of methoxy groups -OCH3 is 1. The molecule has 1 amide bonds. The van der Waals surface area contributed by atoms with Gasteiger partial charge in [-0.25, -0.2) is 0 Å². The molecule has 2 aromatic carbocycles. The second-order valence-corrected chi connectivity index (χ2v) is 6.93. The Morgan fingerprint density at radius 3 is 2.76 bits per heavy atom. The minimum absolute atomic E-state index is 0.0421. The molecule has 1 aliphatic rings. The Hall–Kier alpha value is -2.77. The maximum atomic E-state index is 12.2. The largest absolute Gasteiger partial charge is 0.493 e. The van der Waals surface area contributed by atoms with Gasteiger partial charge < -0.3 is 19.1 Å². The Bertz CT molecular complexity index is 882. The highest BCUT2D eigenvalue weighted by molar-refractivity contribution is 6.31. The number of carbonyl (C=O) groups is 1. The zero-order valence-electron chi connectivity index (χ0n) is 16.5. The van der Waals surface area contributed by atoms with Crippen LogP contribution in [0.4, 0.5) is 5.69 Å². The lowest BCUT2D eigenvalue weighted by Gasteiger charge is -2.26. The fraction of sp³-hybridized carbons (Fsp3) is 0.333. The summed E-state index contributed by atoms with van der Waals surface area (Å²) in [7, 11) is 1.56. The molecule has 0 saturated carbocycles. The van der Waals surface area contributed by atoms with Crippen molar-refractivity contribution in [3.8, 4) is 11.5 Å². The molecule has 7 nitrogen and oxygen atoms in total. The van der Waals surface area contributed by atoms with Crippen molar-refractivity contribution >= 4 is 29.4 Å². The average molecular weight is 418 g/mol. The summed E-state index contributed by atoms with van der Waals surface area (Å²) in [6, 6.07) is 11.0. The highest BCUT2D eigenvalue weighted by Gasteiger charge is 2.18. The number of amides is 1. The number of benzene rings is 2. The van der Waals surface area contributed by atoms with Crippen molar-refractivity contribution in [2.75, 3.05) is 45.4 Å². The standard InChI is InChI=1S/C21H24ClN3O4/c1-15-3-5-17(12-18(15)22)24-23-13-16-4-6-19(20(11-16)27-2)29-14-21(26)25-7-9-28-10-8-25/h3-6,11-13,24H,7-10,14H2,1-2H3/b23-13-. The molecule has 1 aliphatic heterocycles. The molecule has 1 heterocycles. The molecule has 8 heteroatoms. The van der Waals surface area contributed by atoms with Gasteiger partial charge in [-0.2, -0.15) is 5.10 Å². The quantitative estimate of drug-likeness (QED) is 0.552. The van der Waals surface area contributed by atoms with Crippen LogP contribution in [-0.4, -0.2) is 57.0 Å². The lowest BCUT2D eigenvalue weighted by Crippen LogP contribution is -2.43. The van der Waals surface area contributed by atoms with E-state index >= 15 is 0 Å². The minimum atomic E-state index is -0.0676. The van der Waals surface area contributed by atoms with Crippen molar-refractivity contribution in [1.82, 2.24) is 4.90 Å². The predicted molar refractivity (Wildman–Crippen MR) is 113 cm³/mol. The first-order chi connectivity index (χ1) is 14.1. The van der Waals surface area contributed by atoms with E-state index in [9.17, 15) is 4.79 Å². The lowest BCUT2D eigenvalue weighted by atomic mass is 10.2. The maximum absolute atomic E-state index is 12.2. The number of nitrogens with zero attached hydrogens (tertiary/aromatic N) is 2. The number of morpholine rings is 1. The molecule has 0 spiro atoms. The molecule has 1 saturated heterocycles. The summed E-state index contributed by atoms with van der Waals surface area (Å²) in [5.41, 5.74) is 5.57. The molecule has 3 rings (SSSR count). The van der Waals surface area contributed by atoms with E-state index in [-0.39, 0.29) is 12.5 Å². The Morgan fingerprint density at radius 1 is 1.24 bits per heavy atom. The number of anilines is 1. The molecule has 0 unspecified atom stereocenters. The number of carbonyl (C=O) groups excluding carboxylic acids is 1. The van der Waals surface area contributed by atoms with Gasteiger partial charge in [-0.3, -0.25) is 10.2 Å². The number of hydrogen-bond acceptors (Lipinski definition) is 6. The Labute approximate surface area is 175 Å². The zero-order chi connectivity index (χ0) is 20.6. The molecule has 0 atom stereocenters. The van der Waals surface area contributed by atoms with E-state index in [0.717, 1.165) is 16.8 Å².